The van der Waals surface area contributed by atoms with Crippen LogP contribution in [0.3, 0.4) is 0 Å². The first-order chi connectivity index (χ1) is 34.9. The lowest BCUT2D eigenvalue weighted by atomic mass is 9.87. The van der Waals surface area contributed by atoms with Crippen molar-refractivity contribution < 1.29 is 0 Å². The topological polar surface area (TPSA) is 3.24 Å². The van der Waals surface area contributed by atoms with Gasteiger partial charge in [0.2, 0.25) is 0 Å². The number of allylic oxidation sites excluding steroid dienone is 1. The predicted molar refractivity (Wildman–Crippen MR) is 307 cm³/mol. The molecule has 0 saturated heterocycles. The summed E-state index contributed by atoms with van der Waals surface area (Å²) in [5.74, 6) is 0. The molecule has 71 heavy (non-hydrogen) atoms. The van der Waals surface area contributed by atoms with Crippen molar-refractivity contribution in [3.05, 3.63) is 276 Å². The average molecular weight is 930 g/mol. The van der Waals surface area contributed by atoms with E-state index in [2.05, 4.69) is 262 Å². The van der Waals surface area contributed by atoms with Crippen molar-refractivity contribution in [2.45, 2.75) is 33.6 Å². The molecule has 10 aromatic carbocycles. The van der Waals surface area contributed by atoms with Crippen molar-refractivity contribution in [3.8, 4) is 66.8 Å². The third kappa shape index (κ3) is 9.56. The normalized spacial score (nSPS) is 11.7. The number of hydrogen-bond donors (Lipinski definition) is 0. The van der Waals surface area contributed by atoms with Crippen LogP contribution < -0.4 is 4.90 Å². The third-order valence-corrected chi connectivity index (χ3v) is 15.0. The minimum Gasteiger partial charge on any atom is -0.310 e. The first kappa shape index (κ1) is 45.2. The molecule has 1 nitrogen and oxygen atoms in total. The highest BCUT2D eigenvalue weighted by molar-refractivity contribution is 7.20. The molecule has 1 heterocycles. The number of benzene rings is 10. The van der Waals surface area contributed by atoms with E-state index < -0.39 is 0 Å². The van der Waals surface area contributed by atoms with Gasteiger partial charge in [0.25, 0.3) is 0 Å². The zero-order valence-electron chi connectivity index (χ0n) is 40.5. The molecule has 342 valence electrons. The summed E-state index contributed by atoms with van der Waals surface area (Å²) in [6.45, 7) is 6.54. The van der Waals surface area contributed by atoms with Crippen LogP contribution in [0.4, 0.5) is 17.1 Å². The Bertz CT molecular complexity index is 3640. The second-order valence-corrected chi connectivity index (χ2v) is 19.6. The molecule has 0 unspecified atom stereocenters. The van der Waals surface area contributed by atoms with E-state index in [1.54, 1.807) is 0 Å². The number of para-hydroxylation sites is 1. The van der Waals surface area contributed by atoms with Crippen LogP contribution in [0.15, 0.2) is 249 Å². The zero-order valence-corrected chi connectivity index (χ0v) is 41.3. The van der Waals surface area contributed by atoms with E-state index in [-0.39, 0.29) is 0 Å². The minimum absolute atomic E-state index is 1.07. The second kappa shape index (κ2) is 20.3. The summed E-state index contributed by atoms with van der Waals surface area (Å²) in [5, 5.41) is 1.36. The van der Waals surface area contributed by atoms with Gasteiger partial charge in [-0.25, -0.2) is 0 Å². The van der Waals surface area contributed by atoms with Crippen molar-refractivity contribution >= 4 is 44.6 Å². The minimum atomic E-state index is 1.07. The molecular formula is C69H55NS. The van der Waals surface area contributed by atoms with Gasteiger partial charge < -0.3 is 4.90 Å². The van der Waals surface area contributed by atoms with Gasteiger partial charge in [-0.1, -0.05) is 212 Å². The molecule has 1 aliphatic carbocycles. The van der Waals surface area contributed by atoms with E-state index in [0.29, 0.717) is 0 Å². The average Bonchev–Trinajstić information content (AvgIpc) is 3.80. The fraction of sp³-hybridized carbons (Fsp3) is 0.0725. The van der Waals surface area contributed by atoms with E-state index in [0.717, 1.165) is 29.9 Å². The molecule has 0 N–H and O–H groups in total. The fourth-order valence-electron chi connectivity index (χ4n) is 10.1. The number of hydrogen-bond acceptors (Lipinski definition) is 2. The molecule has 1 aromatic heterocycles. The first-order valence-corrected chi connectivity index (χ1v) is 25.5. The standard InChI is InChI=1S/C62H47NS.C7H8/c1-42-15-9-10-20-53(42)54-36-32-50(39-43(54)2)58-40-49(48-27-25-46(26-28-48)44-16-5-3-6-17-44)31-37-55(58)56-21-11-13-23-60(56)63(51-33-29-47(30-34-51)45-18-7-4-8-19-45)52-35-38-62-59(41-52)57-22-12-14-24-61(57)64-62;1-7-5-3-2-4-6-7/h3-11,13-21,23-41H,12,22H2,1-2H3;2-6H,1H3. The van der Waals surface area contributed by atoms with Crippen molar-refractivity contribution in [2.75, 3.05) is 4.90 Å². The van der Waals surface area contributed by atoms with Gasteiger partial charge in [-0.05, 0) is 165 Å². The van der Waals surface area contributed by atoms with Gasteiger partial charge >= 0.3 is 0 Å². The molecule has 11 aromatic rings. The van der Waals surface area contributed by atoms with E-state index in [9.17, 15) is 0 Å². The number of fused-ring (bicyclic) bond motifs is 3. The van der Waals surface area contributed by atoms with Gasteiger partial charge in [-0.2, -0.15) is 0 Å². The van der Waals surface area contributed by atoms with E-state index in [1.165, 1.54) is 104 Å². The lowest BCUT2D eigenvalue weighted by molar-refractivity contribution is 1.01. The molecule has 0 bridgehead atoms. The summed E-state index contributed by atoms with van der Waals surface area (Å²) in [4.78, 5) is 3.86. The summed E-state index contributed by atoms with van der Waals surface area (Å²) < 4.78 is 1.34. The van der Waals surface area contributed by atoms with Crippen molar-refractivity contribution in [3.63, 3.8) is 0 Å². The number of aryl methyl sites for hydroxylation is 4. The molecule has 0 saturated carbocycles. The van der Waals surface area contributed by atoms with Crippen molar-refractivity contribution in [1.82, 2.24) is 0 Å². The SMILES string of the molecule is Cc1ccccc1.Cc1ccccc1-c1ccc(-c2cc(-c3ccc(-c4ccccc4)cc3)ccc2-c2ccccc2N(c2ccc(-c3ccccc3)cc2)c2ccc3sc4c(c3c2)CCC=C4)cc1C. The summed E-state index contributed by atoms with van der Waals surface area (Å²) in [6.07, 6.45) is 6.79. The first-order valence-electron chi connectivity index (χ1n) is 24.7. The predicted octanol–water partition coefficient (Wildman–Crippen LogP) is 19.9. The van der Waals surface area contributed by atoms with Gasteiger partial charge in [-0.15, -0.1) is 11.3 Å². The van der Waals surface area contributed by atoms with Crippen LogP contribution in [0.5, 0.6) is 0 Å². The summed E-state index contributed by atoms with van der Waals surface area (Å²) in [7, 11) is 0. The Balaban J connectivity index is 0.000000721. The van der Waals surface area contributed by atoms with Gasteiger partial charge in [-0.3, -0.25) is 0 Å². The van der Waals surface area contributed by atoms with Crippen LogP contribution in [0.1, 0.15) is 33.6 Å². The lowest BCUT2D eigenvalue weighted by Gasteiger charge is -2.29. The highest BCUT2D eigenvalue weighted by atomic mass is 32.1. The molecule has 0 amide bonds. The number of anilines is 3. The van der Waals surface area contributed by atoms with Crippen molar-refractivity contribution in [1.29, 1.82) is 0 Å². The van der Waals surface area contributed by atoms with Crippen LogP contribution in [0, 0.1) is 20.8 Å². The van der Waals surface area contributed by atoms with E-state index in [1.807, 2.05) is 29.5 Å². The van der Waals surface area contributed by atoms with E-state index in [4.69, 9.17) is 0 Å². The highest BCUT2D eigenvalue weighted by Gasteiger charge is 2.22. The zero-order chi connectivity index (χ0) is 48.1. The summed E-state index contributed by atoms with van der Waals surface area (Å²) in [6, 6.07) is 88.5. The second-order valence-electron chi connectivity index (χ2n) is 18.5. The maximum atomic E-state index is 2.47. The fourth-order valence-corrected chi connectivity index (χ4v) is 11.3. The molecule has 2 heteroatoms. The van der Waals surface area contributed by atoms with Crippen LogP contribution in [-0.4, -0.2) is 0 Å². The maximum absolute atomic E-state index is 2.47. The number of rotatable bonds is 9. The Kier molecular flexibility index (Phi) is 12.9. The molecule has 12 rings (SSSR count). The van der Waals surface area contributed by atoms with Crippen LogP contribution in [0.2, 0.25) is 0 Å². The van der Waals surface area contributed by atoms with Gasteiger partial charge in [0.05, 0.1) is 5.69 Å². The lowest BCUT2D eigenvalue weighted by Crippen LogP contribution is -2.11. The Morgan fingerprint density at radius 1 is 0.366 bits per heavy atom. The van der Waals surface area contributed by atoms with Gasteiger partial charge in [0.15, 0.2) is 0 Å². The monoisotopic (exact) mass is 929 g/mol. The summed E-state index contributed by atoms with van der Waals surface area (Å²) >= 11 is 1.91. The third-order valence-electron chi connectivity index (χ3n) is 13.8. The van der Waals surface area contributed by atoms with Crippen LogP contribution in [-0.2, 0) is 6.42 Å². The molecule has 0 fully saturated rings. The smallest absolute Gasteiger partial charge is 0.0540 e. The Hall–Kier alpha value is -8.30. The quantitative estimate of drug-likeness (QED) is 0.139. The molecule has 0 radical (unpaired) electrons. The maximum Gasteiger partial charge on any atom is 0.0540 e. The van der Waals surface area contributed by atoms with Crippen LogP contribution >= 0.6 is 11.3 Å². The Morgan fingerprint density at radius 2 is 0.887 bits per heavy atom. The molecule has 0 atom stereocenters. The molecular weight excluding hydrogens is 875 g/mol. The van der Waals surface area contributed by atoms with Gasteiger partial charge in [0.1, 0.15) is 0 Å². The van der Waals surface area contributed by atoms with Crippen LogP contribution in [0.25, 0.3) is 82.9 Å². The molecule has 0 aliphatic heterocycles. The Morgan fingerprint density at radius 3 is 1.54 bits per heavy atom. The highest BCUT2D eigenvalue weighted by Crippen LogP contribution is 2.47. The summed E-state index contributed by atoms with van der Waals surface area (Å²) in [5.41, 5.74) is 23.3. The van der Waals surface area contributed by atoms with Crippen molar-refractivity contribution in [2.24, 2.45) is 0 Å². The largest absolute Gasteiger partial charge is 0.310 e. The van der Waals surface area contributed by atoms with E-state index >= 15 is 0 Å². The molecule has 0 spiro atoms. The number of nitrogens with zero attached hydrogens (tertiary/aromatic N) is 1. The number of thiophene rings is 1. The molecule has 1 aliphatic rings. The Labute approximate surface area is 423 Å². The van der Waals surface area contributed by atoms with Gasteiger partial charge in [0, 0.05) is 26.5 Å².